The van der Waals surface area contributed by atoms with E-state index in [9.17, 15) is 9.59 Å². The first-order chi connectivity index (χ1) is 13.5. The van der Waals surface area contributed by atoms with Crippen molar-refractivity contribution in [3.63, 3.8) is 0 Å². The number of hydrogen-bond donors (Lipinski definition) is 1. The van der Waals surface area contributed by atoms with E-state index >= 15 is 0 Å². The van der Waals surface area contributed by atoms with E-state index in [-0.39, 0.29) is 22.8 Å². The Kier molecular flexibility index (Phi) is 7.63. The number of ether oxygens (including phenoxy) is 1. The molecule has 1 N–H and O–H groups in total. The van der Waals surface area contributed by atoms with Gasteiger partial charge in [-0.25, -0.2) is 0 Å². The van der Waals surface area contributed by atoms with Crippen molar-refractivity contribution in [3.8, 4) is 5.75 Å². The van der Waals surface area contributed by atoms with Gasteiger partial charge < -0.3 is 10.1 Å². The molecule has 3 rings (SSSR count). The molecule has 1 saturated carbocycles. The molecule has 150 valence electrons. The fourth-order valence-electron chi connectivity index (χ4n) is 3.84. The zero-order chi connectivity index (χ0) is 19.9. The highest BCUT2D eigenvalue weighted by molar-refractivity contribution is 7.80. The van der Waals surface area contributed by atoms with Crippen LogP contribution in [0.5, 0.6) is 5.75 Å². The number of piperidine rings is 1. The number of hydrogen-bond acceptors (Lipinski definition) is 4. The quantitative estimate of drug-likeness (QED) is 0.283. The molecule has 6 heteroatoms. The number of benzene rings is 1. The van der Waals surface area contributed by atoms with Crippen LogP contribution in [0.2, 0.25) is 5.02 Å². The van der Waals surface area contributed by atoms with Crippen molar-refractivity contribution in [2.75, 3.05) is 6.61 Å². The predicted octanol–water partition coefficient (Wildman–Crippen LogP) is 5.27. The molecule has 0 spiro atoms. The first kappa shape index (κ1) is 21.0. The Morgan fingerprint density at radius 1 is 1.18 bits per heavy atom. The lowest BCUT2D eigenvalue weighted by molar-refractivity contribution is -0.122. The second-order valence-electron chi connectivity index (χ2n) is 7.57. The Labute approximate surface area is 176 Å². The third-order valence-corrected chi connectivity index (χ3v) is 5.92. The van der Waals surface area contributed by atoms with Crippen LogP contribution in [-0.4, -0.2) is 23.3 Å². The van der Waals surface area contributed by atoms with Gasteiger partial charge in [0, 0.05) is 0 Å². The molecular weight excluding hydrogens is 394 g/mol. The topological polar surface area (TPSA) is 55.4 Å². The normalized spacial score (nSPS) is 19.8. The molecule has 0 radical (unpaired) electrons. The SMILES string of the molecule is O=C1CC(=S)NC(=O)/C1=C/c1ccc(OCCCCC2CCCCC2)c(Cl)c1. The molecule has 0 bridgehead atoms. The maximum absolute atomic E-state index is 12.0. The highest BCUT2D eigenvalue weighted by Gasteiger charge is 2.26. The van der Waals surface area contributed by atoms with Crippen molar-refractivity contribution in [2.24, 2.45) is 5.92 Å². The molecule has 4 nitrogen and oxygen atoms in total. The van der Waals surface area contributed by atoms with Crippen LogP contribution in [0.15, 0.2) is 23.8 Å². The molecule has 2 aliphatic rings. The van der Waals surface area contributed by atoms with Gasteiger partial charge in [-0.3, -0.25) is 9.59 Å². The molecule has 28 heavy (non-hydrogen) atoms. The van der Waals surface area contributed by atoms with E-state index in [0.29, 0.717) is 22.9 Å². The molecular formula is C22H26ClNO3S. The van der Waals surface area contributed by atoms with Crippen molar-refractivity contribution in [1.82, 2.24) is 5.32 Å². The zero-order valence-electron chi connectivity index (χ0n) is 16.0. The second kappa shape index (κ2) is 10.2. The minimum Gasteiger partial charge on any atom is -0.492 e. The average molecular weight is 420 g/mol. The first-order valence-electron chi connectivity index (χ1n) is 10.0. The molecule has 1 heterocycles. The third-order valence-electron chi connectivity index (χ3n) is 5.38. The first-order valence-corrected chi connectivity index (χ1v) is 10.8. The smallest absolute Gasteiger partial charge is 0.259 e. The number of Topliss-reactive ketones (excluding diaryl/α,β-unsaturated/α-hetero) is 1. The molecule has 0 aromatic heterocycles. The van der Waals surface area contributed by atoms with Gasteiger partial charge in [-0.1, -0.05) is 68.4 Å². The molecule has 1 aromatic carbocycles. The van der Waals surface area contributed by atoms with E-state index in [2.05, 4.69) is 5.32 Å². The number of rotatable bonds is 7. The number of ketones is 1. The molecule has 0 atom stereocenters. The van der Waals surface area contributed by atoms with E-state index in [4.69, 9.17) is 28.6 Å². The summed E-state index contributed by atoms with van der Waals surface area (Å²) in [7, 11) is 0. The fraction of sp³-hybridized carbons (Fsp3) is 0.500. The number of carbonyl (C=O) groups is 2. The Bertz CT molecular complexity index is 762. The van der Waals surface area contributed by atoms with Crippen molar-refractivity contribution < 1.29 is 14.3 Å². The van der Waals surface area contributed by atoms with Gasteiger partial charge in [-0.2, -0.15) is 0 Å². The Hall–Kier alpha value is -1.72. The Balaban J connectivity index is 1.49. The van der Waals surface area contributed by atoms with Gasteiger partial charge in [0.25, 0.3) is 5.91 Å². The molecule has 1 aliphatic heterocycles. The molecule has 1 amide bonds. The van der Waals surface area contributed by atoms with E-state index in [1.165, 1.54) is 44.9 Å². The third kappa shape index (κ3) is 5.89. The summed E-state index contributed by atoms with van der Waals surface area (Å²) in [5.74, 6) is 0.791. The van der Waals surface area contributed by atoms with Gasteiger partial charge in [0.1, 0.15) is 5.75 Å². The minimum atomic E-state index is -0.462. The summed E-state index contributed by atoms with van der Waals surface area (Å²) in [5, 5.41) is 2.99. The lowest BCUT2D eigenvalue weighted by atomic mass is 9.86. The van der Waals surface area contributed by atoms with Crippen LogP contribution in [0.4, 0.5) is 0 Å². The van der Waals surface area contributed by atoms with Gasteiger partial charge >= 0.3 is 0 Å². The van der Waals surface area contributed by atoms with Crippen LogP contribution in [0.1, 0.15) is 63.4 Å². The standard InChI is InChI=1S/C22H26ClNO3S/c23-18-13-16(12-17-19(25)14-21(28)24-22(17)26)9-10-20(18)27-11-5-4-8-15-6-2-1-3-7-15/h9-10,12-13,15H,1-8,11,14H2,(H,24,26,28)/b17-12+. The fourth-order valence-corrected chi connectivity index (χ4v) is 4.30. The Morgan fingerprint density at radius 2 is 1.96 bits per heavy atom. The van der Waals surface area contributed by atoms with Crippen LogP contribution in [0, 0.1) is 5.92 Å². The summed E-state index contributed by atoms with van der Waals surface area (Å²) < 4.78 is 5.81. The lowest BCUT2D eigenvalue weighted by Gasteiger charge is -2.21. The number of nitrogens with one attached hydrogen (secondary N) is 1. The highest BCUT2D eigenvalue weighted by atomic mass is 35.5. The molecule has 0 unspecified atom stereocenters. The van der Waals surface area contributed by atoms with Crippen LogP contribution in [-0.2, 0) is 9.59 Å². The van der Waals surface area contributed by atoms with Crippen molar-refractivity contribution in [1.29, 1.82) is 0 Å². The number of amides is 1. The summed E-state index contributed by atoms with van der Waals surface area (Å²) in [4.78, 5) is 24.2. The van der Waals surface area contributed by atoms with Crippen LogP contribution < -0.4 is 10.1 Å². The summed E-state index contributed by atoms with van der Waals surface area (Å²) in [6, 6.07) is 5.29. The van der Waals surface area contributed by atoms with Crippen molar-refractivity contribution in [3.05, 3.63) is 34.4 Å². The highest BCUT2D eigenvalue weighted by Crippen LogP contribution is 2.29. The maximum atomic E-state index is 12.0. The molecule has 1 saturated heterocycles. The van der Waals surface area contributed by atoms with Gasteiger partial charge in [0.05, 0.1) is 28.6 Å². The molecule has 2 fully saturated rings. The van der Waals surface area contributed by atoms with E-state index in [1.807, 2.05) is 0 Å². The predicted molar refractivity (Wildman–Crippen MR) is 116 cm³/mol. The van der Waals surface area contributed by atoms with E-state index < -0.39 is 5.91 Å². The average Bonchev–Trinajstić information content (AvgIpc) is 2.66. The van der Waals surface area contributed by atoms with E-state index in [0.717, 1.165) is 12.3 Å². The van der Waals surface area contributed by atoms with Gasteiger partial charge in [0.15, 0.2) is 5.78 Å². The van der Waals surface area contributed by atoms with Crippen LogP contribution >= 0.6 is 23.8 Å². The number of unbranched alkanes of at least 4 members (excludes halogenated alkanes) is 1. The Morgan fingerprint density at radius 3 is 2.68 bits per heavy atom. The second-order valence-corrected chi connectivity index (χ2v) is 8.47. The summed E-state index contributed by atoms with van der Waals surface area (Å²) in [6.07, 6.45) is 12.0. The number of carbonyl (C=O) groups excluding carboxylic acids is 2. The zero-order valence-corrected chi connectivity index (χ0v) is 17.5. The summed E-state index contributed by atoms with van der Waals surface area (Å²) >= 11 is 11.2. The molecule has 1 aliphatic carbocycles. The number of thiocarbonyl (C=S) groups is 1. The van der Waals surface area contributed by atoms with Gasteiger partial charge in [0.2, 0.25) is 0 Å². The largest absolute Gasteiger partial charge is 0.492 e. The van der Waals surface area contributed by atoms with Crippen molar-refractivity contribution >= 4 is 46.6 Å². The van der Waals surface area contributed by atoms with Crippen molar-refractivity contribution in [2.45, 2.75) is 57.8 Å². The summed E-state index contributed by atoms with van der Waals surface area (Å²) in [5.41, 5.74) is 0.780. The lowest BCUT2D eigenvalue weighted by Crippen LogP contribution is -2.39. The van der Waals surface area contributed by atoms with Gasteiger partial charge in [-0.15, -0.1) is 0 Å². The molecule has 1 aromatic rings. The van der Waals surface area contributed by atoms with Crippen LogP contribution in [0.25, 0.3) is 6.08 Å². The van der Waals surface area contributed by atoms with Gasteiger partial charge in [-0.05, 0) is 42.5 Å². The van der Waals surface area contributed by atoms with Crippen LogP contribution in [0.3, 0.4) is 0 Å². The summed E-state index contributed by atoms with van der Waals surface area (Å²) in [6.45, 7) is 0.644. The minimum absolute atomic E-state index is 0.0582. The number of halogens is 1. The maximum Gasteiger partial charge on any atom is 0.259 e. The van der Waals surface area contributed by atoms with E-state index in [1.54, 1.807) is 24.3 Å². The monoisotopic (exact) mass is 419 g/mol.